The largest absolute Gasteiger partial charge is 0.0725 e. The van der Waals surface area contributed by atoms with Crippen molar-refractivity contribution in [1.29, 1.82) is 0 Å². The van der Waals surface area contributed by atoms with Gasteiger partial charge < -0.3 is 0 Å². The summed E-state index contributed by atoms with van der Waals surface area (Å²) >= 11 is 0. The summed E-state index contributed by atoms with van der Waals surface area (Å²) in [6.07, 6.45) is 7.05. The number of fused-ring (bicyclic) bond motifs is 5. The van der Waals surface area contributed by atoms with Crippen LogP contribution in [-0.4, -0.2) is 0 Å². The molecule has 0 amide bonds. The van der Waals surface area contributed by atoms with Gasteiger partial charge in [0, 0.05) is 5.92 Å². The van der Waals surface area contributed by atoms with Gasteiger partial charge in [0.05, 0.1) is 0 Å². The van der Waals surface area contributed by atoms with E-state index in [1.807, 2.05) is 0 Å². The highest BCUT2D eigenvalue weighted by atomic mass is 14.3. The average Bonchev–Trinajstić information content (AvgIpc) is 2.47. The van der Waals surface area contributed by atoms with Crippen LogP contribution >= 0.6 is 0 Å². The zero-order chi connectivity index (χ0) is 12.8. The lowest BCUT2D eigenvalue weighted by Gasteiger charge is -2.31. The van der Waals surface area contributed by atoms with Crippen molar-refractivity contribution in [3.63, 3.8) is 0 Å². The third kappa shape index (κ3) is 1.53. The standard InChI is InChI=1S/C19H16/c1-13-12-19-16-8-3-2-6-14(16)10-11-18(19)17-9-5-4-7-15(13)17/h2-13,18H,1H3. The molecule has 0 spiro atoms. The van der Waals surface area contributed by atoms with Crippen molar-refractivity contribution in [1.82, 2.24) is 0 Å². The van der Waals surface area contributed by atoms with Crippen LogP contribution in [-0.2, 0) is 0 Å². The molecule has 0 aromatic heterocycles. The van der Waals surface area contributed by atoms with E-state index in [1.165, 1.54) is 27.8 Å². The molecular weight excluding hydrogens is 228 g/mol. The zero-order valence-corrected chi connectivity index (χ0v) is 11.0. The minimum atomic E-state index is 0.433. The van der Waals surface area contributed by atoms with Crippen molar-refractivity contribution >= 4 is 11.6 Å². The number of hydrogen-bond donors (Lipinski definition) is 0. The van der Waals surface area contributed by atoms with E-state index >= 15 is 0 Å². The molecule has 0 N–H and O–H groups in total. The van der Waals surface area contributed by atoms with Crippen LogP contribution < -0.4 is 0 Å². The number of benzene rings is 2. The highest BCUT2D eigenvalue weighted by molar-refractivity contribution is 5.86. The predicted octanol–water partition coefficient (Wildman–Crippen LogP) is 5.00. The molecular formula is C19H16. The van der Waals surface area contributed by atoms with Gasteiger partial charge in [-0.05, 0) is 33.7 Å². The van der Waals surface area contributed by atoms with Gasteiger partial charge >= 0.3 is 0 Å². The second-order valence-electron chi connectivity index (χ2n) is 5.46. The average molecular weight is 244 g/mol. The van der Waals surface area contributed by atoms with E-state index in [4.69, 9.17) is 0 Å². The Hall–Kier alpha value is -2.08. The summed E-state index contributed by atoms with van der Waals surface area (Å²) in [4.78, 5) is 0. The van der Waals surface area contributed by atoms with Gasteiger partial charge in [-0.2, -0.15) is 0 Å². The molecule has 2 unspecified atom stereocenters. The Labute approximate surface area is 114 Å². The quantitative estimate of drug-likeness (QED) is 0.612. The van der Waals surface area contributed by atoms with Gasteiger partial charge in [0.2, 0.25) is 0 Å². The lowest BCUT2D eigenvalue weighted by Crippen LogP contribution is -2.13. The molecule has 2 aliphatic rings. The van der Waals surface area contributed by atoms with Crippen LogP contribution in [0.2, 0.25) is 0 Å². The maximum atomic E-state index is 2.44. The number of allylic oxidation sites excluding steroid dienone is 3. The van der Waals surface area contributed by atoms with E-state index in [0.29, 0.717) is 11.8 Å². The fourth-order valence-corrected chi connectivity index (χ4v) is 3.41. The van der Waals surface area contributed by atoms with Gasteiger partial charge in [-0.1, -0.05) is 73.7 Å². The Morgan fingerprint density at radius 1 is 0.842 bits per heavy atom. The van der Waals surface area contributed by atoms with Crippen molar-refractivity contribution in [2.24, 2.45) is 0 Å². The minimum absolute atomic E-state index is 0.433. The summed E-state index contributed by atoms with van der Waals surface area (Å²) in [5.41, 5.74) is 7.16. The van der Waals surface area contributed by atoms with Gasteiger partial charge in [-0.15, -0.1) is 0 Å². The summed E-state index contributed by atoms with van der Waals surface area (Å²) in [6.45, 7) is 2.29. The van der Waals surface area contributed by atoms with Crippen molar-refractivity contribution in [2.75, 3.05) is 0 Å². The smallest absolute Gasteiger partial charge is 0.0278 e. The van der Waals surface area contributed by atoms with Crippen molar-refractivity contribution < 1.29 is 0 Å². The maximum absolute atomic E-state index is 2.44. The summed E-state index contributed by atoms with van der Waals surface area (Å²) < 4.78 is 0. The Kier molecular flexibility index (Phi) is 2.25. The SMILES string of the molecule is CC1C=C2c3ccccc3C=CC2c2ccccc21. The summed E-state index contributed by atoms with van der Waals surface area (Å²) in [5.74, 6) is 0.935. The van der Waals surface area contributed by atoms with Crippen LogP contribution in [0.25, 0.3) is 11.6 Å². The minimum Gasteiger partial charge on any atom is -0.0725 e. The van der Waals surface area contributed by atoms with Crippen LogP contribution in [0, 0.1) is 0 Å². The Morgan fingerprint density at radius 2 is 1.58 bits per heavy atom. The molecule has 0 bridgehead atoms. The third-order valence-corrected chi connectivity index (χ3v) is 4.33. The van der Waals surface area contributed by atoms with Gasteiger partial charge in [0.25, 0.3) is 0 Å². The molecule has 0 nitrogen and oxygen atoms in total. The monoisotopic (exact) mass is 244 g/mol. The highest BCUT2D eigenvalue weighted by Gasteiger charge is 2.28. The molecule has 4 rings (SSSR count). The van der Waals surface area contributed by atoms with Crippen molar-refractivity contribution in [2.45, 2.75) is 18.8 Å². The molecule has 2 aliphatic carbocycles. The lowest BCUT2D eigenvalue weighted by molar-refractivity contribution is 0.882. The molecule has 0 aliphatic heterocycles. The Balaban J connectivity index is 1.96. The predicted molar refractivity (Wildman–Crippen MR) is 81.1 cm³/mol. The van der Waals surface area contributed by atoms with Crippen LogP contribution in [0.4, 0.5) is 0 Å². The van der Waals surface area contributed by atoms with Gasteiger partial charge in [-0.25, -0.2) is 0 Å². The fraction of sp³-hybridized carbons (Fsp3) is 0.158. The van der Waals surface area contributed by atoms with Gasteiger partial charge in [0.15, 0.2) is 0 Å². The van der Waals surface area contributed by atoms with E-state index in [1.54, 1.807) is 0 Å². The molecule has 2 atom stereocenters. The van der Waals surface area contributed by atoms with Crippen molar-refractivity contribution in [3.05, 3.63) is 82.9 Å². The van der Waals surface area contributed by atoms with Crippen LogP contribution in [0.3, 0.4) is 0 Å². The first-order valence-electron chi connectivity index (χ1n) is 6.93. The van der Waals surface area contributed by atoms with E-state index in [0.717, 1.165) is 0 Å². The number of rotatable bonds is 0. The molecule has 2 aromatic rings. The first-order chi connectivity index (χ1) is 9.34. The van der Waals surface area contributed by atoms with Crippen molar-refractivity contribution in [3.8, 4) is 0 Å². The molecule has 2 aromatic carbocycles. The molecule has 0 radical (unpaired) electrons. The molecule has 92 valence electrons. The van der Waals surface area contributed by atoms with Crippen LogP contribution in [0.1, 0.15) is 41.0 Å². The molecule has 0 heterocycles. The normalized spacial score (nSPS) is 23.1. The van der Waals surface area contributed by atoms with E-state index in [9.17, 15) is 0 Å². The maximum Gasteiger partial charge on any atom is 0.0278 e. The molecule has 0 saturated carbocycles. The lowest BCUT2D eigenvalue weighted by atomic mass is 9.72. The molecule has 19 heavy (non-hydrogen) atoms. The molecule has 0 fully saturated rings. The van der Waals surface area contributed by atoms with Gasteiger partial charge in [0.1, 0.15) is 0 Å². The number of hydrogen-bond acceptors (Lipinski definition) is 0. The summed E-state index contributed by atoms with van der Waals surface area (Å²) in [5, 5.41) is 0. The molecule has 0 saturated heterocycles. The van der Waals surface area contributed by atoms with Crippen LogP contribution in [0.5, 0.6) is 0 Å². The topological polar surface area (TPSA) is 0 Å². The molecule has 0 heteroatoms. The van der Waals surface area contributed by atoms with E-state index < -0.39 is 0 Å². The first kappa shape index (κ1) is 10.8. The van der Waals surface area contributed by atoms with E-state index in [-0.39, 0.29) is 0 Å². The third-order valence-electron chi connectivity index (χ3n) is 4.33. The first-order valence-corrected chi connectivity index (χ1v) is 6.93. The fourth-order valence-electron chi connectivity index (χ4n) is 3.41. The highest BCUT2D eigenvalue weighted by Crippen LogP contribution is 2.46. The second kappa shape index (κ2) is 3.96. The Morgan fingerprint density at radius 3 is 2.47 bits per heavy atom. The van der Waals surface area contributed by atoms with E-state index in [2.05, 4.69) is 73.7 Å². The van der Waals surface area contributed by atoms with Gasteiger partial charge in [-0.3, -0.25) is 0 Å². The summed E-state index contributed by atoms with van der Waals surface area (Å²) in [6, 6.07) is 17.6. The summed E-state index contributed by atoms with van der Waals surface area (Å²) in [7, 11) is 0. The zero-order valence-electron chi connectivity index (χ0n) is 11.0. The Bertz CT molecular complexity index is 703. The van der Waals surface area contributed by atoms with Crippen LogP contribution in [0.15, 0.2) is 60.7 Å². The second-order valence-corrected chi connectivity index (χ2v) is 5.46.